The summed E-state index contributed by atoms with van der Waals surface area (Å²) < 4.78 is 0. The van der Waals surface area contributed by atoms with Gasteiger partial charge in [-0.3, -0.25) is 14.6 Å². The normalized spacial score (nSPS) is 11.6. The van der Waals surface area contributed by atoms with E-state index in [-0.39, 0.29) is 5.91 Å². The fourth-order valence-electron chi connectivity index (χ4n) is 2.24. The SMILES string of the molecule is CC(CN(C)c1ccnc(C(=O)NCc2ccccc2)c1)C(=O)O. The van der Waals surface area contributed by atoms with E-state index in [2.05, 4.69) is 10.3 Å². The molecule has 24 heavy (non-hydrogen) atoms. The number of carboxylic acid groups (broad SMARTS) is 1. The molecule has 0 saturated heterocycles. The second kappa shape index (κ2) is 8.10. The third-order valence-corrected chi connectivity index (χ3v) is 3.68. The molecule has 2 N–H and O–H groups in total. The minimum absolute atomic E-state index is 0.264. The summed E-state index contributed by atoms with van der Waals surface area (Å²) in [6, 6.07) is 13.0. The average molecular weight is 327 g/mol. The zero-order chi connectivity index (χ0) is 17.5. The number of nitrogens with one attached hydrogen (secondary N) is 1. The summed E-state index contributed by atoms with van der Waals surface area (Å²) in [5, 5.41) is 11.8. The first-order valence-electron chi connectivity index (χ1n) is 7.69. The number of aromatic nitrogens is 1. The van der Waals surface area contributed by atoms with Crippen molar-refractivity contribution in [2.75, 3.05) is 18.5 Å². The van der Waals surface area contributed by atoms with Crippen LogP contribution in [0.15, 0.2) is 48.7 Å². The van der Waals surface area contributed by atoms with Gasteiger partial charge in [-0.2, -0.15) is 0 Å². The molecule has 2 rings (SSSR count). The molecule has 0 fully saturated rings. The number of carboxylic acids is 1. The molecule has 0 radical (unpaired) electrons. The van der Waals surface area contributed by atoms with E-state index in [1.165, 1.54) is 0 Å². The highest BCUT2D eigenvalue weighted by Crippen LogP contribution is 2.15. The minimum Gasteiger partial charge on any atom is -0.481 e. The van der Waals surface area contributed by atoms with E-state index < -0.39 is 11.9 Å². The maximum Gasteiger partial charge on any atom is 0.308 e. The lowest BCUT2D eigenvalue weighted by Gasteiger charge is -2.21. The van der Waals surface area contributed by atoms with Gasteiger partial charge in [-0.15, -0.1) is 0 Å². The quantitative estimate of drug-likeness (QED) is 0.814. The van der Waals surface area contributed by atoms with E-state index in [0.717, 1.165) is 11.3 Å². The first-order valence-corrected chi connectivity index (χ1v) is 7.69. The van der Waals surface area contributed by atoms with Crippen molar-refractivity contribution in [3.05, 3.63) is 59.9 Å². The highest BCUT2D eigenvalue weighted by molar-refractivity contribution is 5.93. The summed E-state index contributed by atoms with van der Waals surface area (Å²) in [4.78, 5) is 29.1. The third-order valence-electron chi connectivity index (χ3n) is 3.68. The van der Waals surface area contributed by atoms with Crippen molar-refractivity contribution >= 4 is 17.6 Å². The van der Waals surface area contributed by atoms with Crippen LogP contribution >= 0.6 is 0 Å². The number of rotatable bonds is 7. The highest BCUT2D eigenvalue weighted by atomic mass is 16.4. The van der Waals surface area contributed by atoms with Gasteiger partial charge in [0.1, 0.15) is 5.69 Å². The van der Waals surface area contributed by atoms with E-state index >= 15 is 0 Å². The fraction of sp³-hybridized carbons (Fsp3) is 0.278. The van der Waals surface area contributed by atoms with Crippen LogP contribution in [0.3, 0.4) is 0 Å². The molecule has 6 nitrogen and oxygen atoms in total. The number of carbonyl (C=O) groups excluding carboxylic acids is 1. The Morgan fingerprint density at radius 2 is 1.96 bits per heavy atom. The third kappa shape index (κ3) is 4.81. The monoisotopic (exact) mass is 327 g/mol. The van der Waals surface area contributed by atoms with E-state index in [1.54, 1.807) is 37.2 Å². The summed E-state index contributed by atoms with van der Waals surface area (Å²) in [5.41, 5.74) is 2.07. The number of nitrogens with zero attached hydrogens (tertiary/aromatic N) is 2. The number of anilines is 1. The molecule has 126 valence electrons. The number of pyridine rings is 1. The number of carbonyl (C=O) groups is 2. The molecular formula is C18H21N3O3. The van der Waals surface area contributed by atoms with Crippen LogP contribution in [0, 0.1) is 5.92 Å². The van der Waals surface area contributed by atoms with Crippen LogP contribution in [-0.4, -0.2) is 35.6 Å². The molecule has 0 aliphatic heterocycles. The molecule has 0 aliphatic rings. The Bertz CT molecular complexity index is 704. The summed E-state index contributed by atoms with van der Waals surface area (Å²) in [6.45, 7) is 2.43. The van der Waals surface area contributed by atoms with Gasteiger partial charge >= 0.3 is 5.97 Å². The predicted octanol–water partition coefficient (Wildman–Crippen LogP) is 2.17. The Kier molecular flexibility index (Phi) is 5.89. The number of amides is 1. The van der Waals surface area contributed by atoms with Crippen LogP contribution in [0.4, 0.5) is 5.69 Å². The maximum absolute atomic E-state index is 12.2. The van der Waals surface area contributed by atoms with Crippen LogP contribution in [0.2, 0.25) is 0 Å². The molecule has 0 spiro atoms. The van der Waals surface area contributed by atoms with Crippen molar-refractivity contribution in [3.63, 3.8) is 0 Å². The number of aliphatic carboxylic acids is 1. The minimum atomic E-state index is -0.850. The number of hydrogen-bond acceptors (Lipinski definition) is 4. The molecule has 1 aromatic carbocycles. The largest absolute Gasteiger partial charge is 0.481 e. The Morgan fingerprint density at radius 1 is 1.25 bits per heavy atom. The van der Waals surface area contributed by atoms with Crippen molar-refractivity contribution in [1.29, 1.82) is 0 Å². The molecule has 2 aromatic rings. The molecule has 1 atom stereocenters. The van der Waals surface area contributed by atoms with Gasteiger partial charge in [0, 0.05) is 32.0 Å². The molecule has 0 saturated carbocycles. The Balaban J connectivity index is 2.01. The average Bonchev–Trinajstić information content (AvgIpc) is 2.60. The van der Waals surface area contributed by atoms with Crippen LogP contribution in [0.5, 0.6) is 0 Å². The van der Waals surface area contributed by atoms with Crippen LogP contribution < -0.4 is 10.2 Å². The summed E-state index contributed by atoms with van der Waals surface area (Å²) in [6.07, 6.45) is 1.55. The van der Waals surface area contributed by atoms with Gasteiger partial charge in [-0.25, -0.2) is 0 Å². The van der Waals surface area contributed by atoms with E-state index in [1.807, 2.05) is 30.3 Å². The van der Waals surface area contributed by atoms with Crippen molar-refractivity contribution in [1.82, 2.24) is 10.3 Å². The standard InChI is InChI=1S/C18H21N3O3/c1-13(18(23)24)12-21(2)15-8-9-19-16(10-15)17(22)20-11-14-6-4-3-5-7-14/h3-10,13H,11-12H2,1-2H3,(H,20,22)(H,23,24). The van der Waals surface area contributed by atoms with Crippen molar-refractivity contribution in [2.24, 2.45) is 5.92 Å². The Morgan fingerprint density at radius 3 is 2.62 bits per heavy atom. The van der Waals surface area contributed by atoms with Gasteiger partial charge in [0.05, 0.1) is 5.92 Å². The topological polar surface area (TPSA) is 82.5 Å². The zero-order valence-corrected chi connectivity index (χ0v) is 13.8. The van der Waals surface area contributed by atoms with E-state index in [4.69, 9.17) is 5.11 Å². The van der Waals surface area contributed by atoms with E-state index in [0.29, 0.717) is 18.8 Å². The lowest BCUT2D eigenvalue weighted by molar-refractivity contribution is -0.140. The van der Waals surface area contributed by atoms with Crippen molar-refractivity contribution in [3.8, 4) is 0 Å². The fourth-order valence-corrected chi connectivity index (χ4v) is 2.24. The molecule has 1 unspecified atom stereocenters. The smallest absolute Gasteiger partial charge is 0.308 e. The van der Waals surface area contributed by atoms with Gasteiger partial charge in [-0.05, 0) is 17.7 Å². The van der Waals surface area contributed by atoms with Crippen LogP contribution in [-0.2, 0) is 11.3 Å². The van der Waals surface area contributed by atoms with Gasteiger partial charge in [-0.1, -0.05) is 37.3 Å². The van der Waals surface area contributed by atoms with E-state index in [9.17, 15) is 9.59 Å². The van der Waals surface area contributed by atoms with Crippen molar-refractivity contribution in [2.45, 2.75) is 13.5 Å². The Labute approximate surface area is 141 Å². The maximum atomic E-state index is 12.2. The number of benzene rings is 1. The van der Waals surface area contributed by atoms with Gasteiger partial charge in [0.15, 0.2) is 0 Å². The molecule has 0 aliphatic carbocycles. The van der Waals surface area contributed by atoms with Gasteiger partial charge in [0.2, 0.25) is 0 Å². The molecule has 0 bridgehead atoms. The molecular weight excluding hydrogens is 306 g/mol. The second-order valence-electron chi connectivity index (χ2n) is 5.69. The number of hydrogen-bond donors (Lipinski definition) is 2. The Hall–Kier alpha value is -2.89. The van der Waals surface area contributed by atoms with Crippen LogP contribution in [0.25, 0.3) is 0 Å². The molecule has 1 aromatic heterocycles. The first-order chi connectivity index (χ1) is 11.5. The summed E-state index contributed by atoms with van der Waals surface area (Å²) in [7, 11) is 1.79. The second-order valence-corrected chi connectivity index (χ2v) is 5.69. The lowest BCUT2D eigenvalue weighted by Crippen LogP contribution is -2.29. The lowest BCUT2D eigenvalue weighted by atomic mass is 10.1. The summed E-state index contributed by atoms with van der Waals surface area (Å²) >= 11 is 0. The molecule has 1 amide bonds. The van der Waals surface area contributed by atoms with Crippen molar-refractivity contribution < 1.29 is 14.7 Å². The first kappa shape index (κ1) is 17.5. The molecule has 1 heterocycles. The highest BCUT2D eigenvalue weighted by Gasteiger charge is 2.15. The van der Waals surface area contributed by atoms with Gasteiger partial charge in [0.25, 0.3) is 5.91 Å². The molecule has 6 heteroatoms. The van der Waals surface area contributed by atoms with Gasteiger partial charge < -0.3 is 15.3 Å². The summed E-state index contributed by atoms with van der Waals surface area (Å²) in [5.74, 6) is -1.62. The predicted molar refractivity (Wildman–Crippen MR) is 91.9 cm³/mol. The zero-order valence-electron chi connectivity index (χ0n) is 13.8. The van der Waals surface area contributed by atoms with Crippen LogP contribution in [0.1, 0.15) is 23.0 Å².